The SMILES string of the molecule is CCc1nc(-c2c(C)cccc2C)oc1C. The van der Waals surface area contributed by atoms with E-state index in [1.165, 1.54) is 11.1 Å². The Hall–Kier alpha value is -1.57. The maximum Gasteiger partial charge on any atom is 0.227 e. The maximum absolute atomic E-state index is 5.74. The molecule has 0 fully saturated rings. The van der Waals surface area contributed by atoms with Crippen molar-refractivity contribution >= 4 is 0 Å². The standard InChI is InChI=1S/C14H17NO/c1-5-12-11(4)16-14(15-12)13-9(2)7-6-8-10(13)3/h6-8H,5H2,1-4H3. The van der Waals surface area contributed by atoms with Gasteiger partial charge in [-0.25, -0.2) is 4.98 Å². The Morgan fingerprint density at radius 3 is 2.25 bits per heavy atom. The summed E-state index contributed by atoms with van der Waals surface area (Å²) in [6.07, 6.45) is 0.917. The molecule has 0 aliphatic carbocycles. The van der Waals surface area contributed by atoms with E-state index in [-0.39, 0.29) is 0 Å². The molecule has 0 N–H and O–H groups in total. The summed E-state index contributed by atoms with van der Waals surface area (Å²) in [5, 5.41) is 0. The van der Waals surface area contributed by atoms with Crippen molar-refractivity contribution in [2.24, 2.45) is 0 Å². The number of benzene rings is 1. The van der Waals surface area contributed by atoms with Crippen molar-refractivity contribution in [2.45, 2.75) is 34.1 Å². The molecule has 16 heavy (non-hydrogen) atoms. The molecule has 0 aliphatic heterocycles. The van der Waals surface area contributed by atoms with E-state index in [0.717, 1.165) is 29.3 Å². The highest BCUT2D eigenvalue weighted by Crippen LogP contribution is 2.28. The molecule has 2 nitrogen and oxygen atoms in total. The fraction of sp³-hybridized carbons (Fsp3) is 0.357. The fourth-order valence-electron chi connectivity index (χ4n) is 2.01. The zero-order chi connectivity index (χ0) is 11.7. The van der Waals surface area contributed by atoms with Crippen molar-refractivity contribution in [1.82, 2.24) is 4.98 Å². The van der Waals surface area contributed by atoms with Crippen LogP contribution in [0, 0.1) is 20.8 Å². The molecule has 0 unspecified atom stereocenters. The van der Waals surface area contributed by atoms with Crippen LogP contribution in [0.1, 0.15) is 29.5 Å². The molecule has 0 bridgehead atoms. The summed E-state index contributed by atoms with van der Waals surface area (Å²) in [6, 6.07) is 6.24. The molecular weight excluding hydrogens is 198 g/mol. The summed E-state index contributed by atoms with van der Waals surface area (Å²) in [5.41, 5.74) is 4.61. The van der Waals surface area contributed by atoms with Gasteiger partial charge in [-0.05, 0) is 38.3 Å². The third kappa shape index (κ3) is 1.75. The van der Waals surface area contributed by atoms with E-state index in [4.69, 9.17) is 4.42 Å². The lowest BCUT2D eigenvalue weighted by molar-refractivity contribution is 0.539. The van der Waals surface area contributed by atoms with Crippen molar-refractivity contribution in [2.75, 3.05) is 0 Å². The lowest BCUT2D eigenvalue weighted by atomic mass is 10.0. The molecule has 0 saturated heterocycles. The van der Waals surface area contributed by atoms with Gasteiger partial charge >= 0.3 is 0 Å². The molecule has 0 radical (unpaired) electrons. The zero-order valence-electron chi connectivity index (χ0n) is 10.3. The van der Waals surface area contributed by atoms with Crippen molar-refractivity contribution in [3.8, 4) is 11.5 Å². The summed E-state index contributed by atoms with van der Waals surface area (Å²) in [6.45, 7) is 8.25. The van der Waals surface area contributed by atoms with Crippen molar-refractivity contribution in [3.05, 3.63) is 40.8 Å². The fourth-order valence-corrected chi connectivity index (χ4v) is 2.01. The summed E-state index contributed by atoms with van der Waals surface area (Å²) in [4.78, 5) is 4.55. The number of oxazole rings is 1. The predicted octanol–water partition coefficient (Wildman–Crippen LogP) is 3.83. The number of nitrogens with zero attached hydrogens (tertiary/aromatic N) is 1. The van der Waals surface area contributed by atoms with Crippen LogP contribution in [0.5, 0.6) is 0 Å². The van der Waals surface area contributed by atoms with Crippen LogP contribution in [-0.2, 0) is 6.42 Å². The molecular formula is C14H17NO. The number of hydrogen-bond acceptors (Lipinski definition) is 2. The van der Waals surface area contributed by atoms with Crippen LogP contribution in [0.2, 0.25) is 0 Å². The average Bonchev–Trinajstić information content (AvgIpc) is 2.59. The minimum atomic E-state index is 0.755. The minimum Gasteiger partial charge on any atom is -0.441 e. The average molecular weight is 215 g/mol. The summed E-state index contributed by atoms with van der Waals surface area (Å²) in [7, 11) is 0. The second-order valence-electron chi connectivity index (χ2n) is 4.14. The Balaban J connectivity index is 2.58. The molecule has 84 valence electrons. The zero-order valence-corrected chi connectivity index (χ0v) is 10.3. The Labute approximate surface area is 96.3 Å². The summed E-state index contributed by atoms with van der Waals surface area (Å²) in [5.74, 6) is 1.69. The van der Waals surface area contributed by atoms with Crippen LogP contribution in [0.3, 0.4) is 0 Å². The molecule has 2 rings (SSSR count). The van der Waals surface area contributed by atoms with E-state index in [9.17, 15) is 0 Å². The number of hydrogen-bond donors (Lipinski definition) is 0. The first-order valence-corrected chi connectivity index (χ1v) is 5.66. The van der Waals surface area contributed by atoms with Crippen LogP contribution in [0.15, 0.2) is 22.6 Å². The van der Waals surface area contributed by atoms with Gasteiger partial charge in [-0.3, -0.25) is 0 Å². The van der Waals surface area contributed by atoms with Crippen LogP contribution < -0.4 is 0 Å². The van der Waals surface area contributed by atoms with E-state index in [0.29, 0.717) is 0 Å². The van der Waals surface area contributed by atoms with E-state index >= 15 is 0 Å². The summed E-state index contributed by atoms with van der Waals surface area (Å²) < 4.78 is 5.74. The quantitative estimate of drug-likeness (QED) is 0.761. The number of aromatic nitrogens is 1. The van der Waals surface area contributed by atoms with E-state index in [1.807, 2.05) is 6.92 Å². The van der Waals surface area contributed by atoms with E-state index < -0.39 is 0 Å². The first-order chi connectivity index (χ1) is 7.63. The van der Waals surface area contributed by atoms with E-state index in [1.54, 1.807) is 0 Å². The van der Waals surface area contributed by atoms with Crippen LogP contribution in [0.4, 0.5) is 0 Å². The van der Waals surface area contributed by atoms with Crippen molar-refractivity contribution in [3.63, 3.8) is 0 Å². The largest absolute Gasteiger partial charge is 0.441 e. The van der Waals surface area contributed by atoms with Gasteiger partial charge in [-0.2, -0.15) is 0 Å². The highest BCUT2D eigenvalue weighted by Gasteiger charge is 2.13. The van der Waals surface area contributed by atoms with Gasteiger partial charge in [0.2, 0.25) is 5.89 Å². The van der Waals surface area contributed by atoms with Crippen molar-refractivity contribution < 1.29 is 4.42 Å². The van der Waals surface area contributed by atoms with E-state index in [2.05, 4.69) is 44.0 Å². The Kier molecular flexibility index (Phi) is 2.82. The molecule has 1 aromatic carbocycles. The molecule has 2 aromatic rings. The lowest BCUT2D eigenvalue weighted by Gasteiger charge is -2.04. The molecule has 0 saturated carbocycles. The first-order valence-electron chi connectivity index (χ1n) is 5.66. The van der Waals surface area contributed by atoms with Crippen molar-refractivity contribution in [1.29, 1.82) is 0 Å². The molecule has 0 spiro atoms. The van der Waals surface area contributed by atoms with Crippen LogP contribution >= 0.6 is 0 Å². The van der Waals surface area contributed by atoms with Gasteiger partial charge in [0, 0.05) is 5.56 Å². The third-order valence-electron chi connectivity index (χ3n) is 2.92. The van der Waals surface area contributed by atoms with Gasteiger partial charge in [0.25, 0.3) is 0 Å². The van der Waals surface area contributed by atoms with Gasteiger partial charge in [0.1, 0.15) is 5.76 Å². The number of rotatable bonds is 2. The Bertz CT molecular complexity index is 491. The van der Waals surface area contributed by atoms with Gasteiger partial charge in [0.05, 0.1) is 5.69 Å². The monoisotopic (exact) mass is 215 g/mol. The van der Waals surface area contributed by atoms with Crippen LogP contribution in [0.25, 0.3) is 11.5 Å². The second-order valence-corrected chi connectivity index (χ2v) is 4.14. The van der Waals surface area contributed by atoms with Crippen LogP contribution in [-0.4, -0.2) is 4.98 Å². The molecule has 1 aromatic heterocycles. The molecule has 0 atom stereocenters. The highest BCUT2D eigenvalue weighted by atomic mass is 16.4. The first kappa shape index (κ1) is 10.9. The van der Waals surface area contributed by atoms with Gasteiger partial charge < -0.3 is 4.42 Å². The highest BCUT2D eigenvalue weighted by molar-refractivity contribution is 5.63. The maximum atomic E-state index is 5.74. The van der Waals surface area contributed by atoms with Gasteiger partial charge in [-0.15, -0.1) is 0 Å². The molecule has 2 heteroatoms. The molecule has 1 heterocycles. The Morgan fingerprint density at radius 1 is 1.12 bits per heavy atom. The minimum absolute atomic E-state index is 0.755. The third-order valence-corrected chi connectivity index (χ3v) is 2.92. The molecule has 0 amide bonds. The second kappa shape index (κ2) is 4.12. The smallest absolute Gasteiger partial charge is 0.227 e. The normalized spacial score (nSPS) is 10.8. The lowest BCUT2D eigenvalue weighted by Crippen LogP contribution is -1.88. The predicted molar refractivity (Wildman–Crippen MR) is 65.5 cm³/mol. The molecule has 0 aliphatic rings. The Morgan fingerprint density at radius 2 is 1.75 bits per heavy atom. The summed E-state index contributed by atoms with van der Waals surface area (Å²) >= 11 is 0. The number of aryl methyl sites for hydroxylation is 4. The van der Waals surface area contributed by atoms with Gasteiger partial charge in [-0.1, -0.05) is 25.1 Å². The topological polar surface area (TPSA) is 26.0 Å². The van der Waals surface area contributed by atoms with Gasteiger partial charge in [0.15, 0.2) is 0 Å².